The number of hydrogen-bond donors (Lipinski definition) is 1. The number of rotatable bonds is 1. The fraction of sp³-hybridized carbons (Fsp3) is 0.385. The predicted octanol–water partition coefficient (Wildman–Crippen LogP) is 0.441. The Bertz CT molecular complexity index is 542. The lowest BCUT2D eigenvalue weighted by molar-refractivity contribution is -0.112. The van der Waals surface area contributed by atoms with E-state index in [1.54, 1.807) is 6.08 Å². The van der Waals surface area contributed by atoms with Crippen LogP contribution in [0.2, 0.25) is 0 Å². The third kappa shape index (κ3) is 1.57. The van der Waals surface area contributed by atoms with Gasteiger partial charge in [0.15, 0.2) is 0 Å². The summed E-state index contributed by atoms with van der Waals surface area (Å²) in [6.45, 7) is 1.07. The molecule has 3 heteroatoms. The molecule has 82 valence electrons. The molecular weight excluding hydrogens is 200 g/mol. The Balaban J connectivity index is 2.10. The van der Waals surface area contributed by atoms with Crippen molar-refractivity contribution in [1.29, 1.82) is 0 Å². The summed E-state index contributed by atoms with van der Waals surface area (Å²) in [5.74, 6) is -0.127. The molecule has 1 saturated heterocycles. The highest BCUT2D eigenvalue weighted by Crippen LogP contribution is 2.19. The predicted molar refractivity (Wildman–Crippen MR) is 61.3 cm³/mol. The molecular formula is C13H14N2O. The van der Waals surface area contributed by atoms with Gasteiger partial charge in [-0.05, 0) is 31.0 Å². The summed E-state index contributed by atoms with van der Waals surface area (Å²) in [4.78, 5) is 15.3. The zero-order chi connectivity index (χ0) is 11.0. The lowest BCUT2D eigenvalue weighted by Gasteiger charge is -2.24. The highest BCUT2D eigenvalue weighted by Gasteiger charge is 2.17. The minimum Gasteiger partial charge on any atom is -0.310 e. The number of hydrogen-bond acceptors (Lipinski definition) is 2. The molecule has 1 amide bonds. The van der Waals surface area contributed by atoms with E-state index in [0.717, 1.165) is 23.5 Å². The van der Waals surface area contributed by atoms with Crippen molar-refractivity contribution >= 4 is 12.0 Å². The van der Waals surface area contributed by atoms with E-state index in [0.29, 0.717) is 6.04 Å². The van der Waals surface area contributed by atoms with E-state index in [1.165, 1.54) is 18.4 Å². The number of piperidine rings is 1. The van der Waals surface area contributed by atoms with Crippen LogP contribution in [0, 0.1) is 0 Å². The molecule has 0 radical (unpaired) electrons. The standard InChI is InChI=1S/C13H14N2O/c16-13-8-10-9(4-3-6-12(10)15-13)11-5-1-2-7-14-11/h3-4,6,8,11,14H,1-2,5,7H2. The van der Waals surface area contributed by atoms with Gasteiger partial charge in [0, 0.05) is 17.3 Å². The molecule has 2 heterocycles. The van der Waals surface area contributed by atoms with Gasteiger partial charge in [0.25, 0.3) is 5.91 Å². The Hall–Kier alpha value is -1.48. The van der Waals surface area contributed by atoms with Crippen molar-refractivity contribution < 1.29 is 4.79 Å². The summed E-state index contributed by atoms with van der Waals surface area (Å²) in [5.41, 5.74) is 1.23. The van der Waals surface area contributed by atoms with Crippen LogP contribution < -0.4 is 15.9 Å². The molecule has 1 N–H and O–H groups in total. The van der Waals surface area contributed by atoms with Gasteiger partial charge in [-0.25, -0.2) is 4.99 Å². The molecule has 0 saturated carbocycles. The molecule has 1 aromatic rings. The monoisotopic (exact) mass is 214 g/mol. The molecule has 0 aliphatic carbocycles. The van der Waals surface area contributed by atoms with Gasteiger partial charge in [-0.3, -0.25) is 4.79 Å². The van der Waals surface area contributed by atoms with Gasteiger partial charge in [0.2, 0.25) is 0 Å². The molecule has 1 unspecified atom stereocenters. The Kier molecular flexibility index (Phi) is 2.33. The lowest BCUT2D eigenvalue weighted by atomic mass is 9.96. The Labute approximate surface area is 93.9 Å². The summed E-state index contributed by atoms with van der Waals surface area (Å²) >= 11 is 0. The number of benzene rings is 1. The van der Waals surface area contributed by atoms with Crippen LogP contribution in [0.15, 0.2) is 23.2 Å². The maximum absolute atomic E-state index is 11.3. The van der Waals surface area contributed by atoms with Crippen LogP contribution in [0.4, 0.5) is 0 Å². The van der Waals surface area contributed by atoms with Crippen LogP contribution >= 0.6 is 0 Å². The molecule has 1 fully saturated rings. The summed E-state index contributed by atoms with van der Waals surface area (Å²) in [6, 6.07) is 6.39. The smallest absolute Gasteiger partial charge is 0.270 e. The van der Waals surface area contributed by atoms with Crippen molar-refractivity contribution in [3.8, 4) is 0 Å². The number of fused-ring (bicyclic) bond motifs is 1. The Morgan fingerprint density at radius 3 is 3.06 bits per heavy atom. The second-order valence-electron chi connectivity index (χ2n) is 4.38. The molecule has 2 aliphatic rings. The van der Waals surface area contributed by atoms with E-state index >= 15 is 0 Å². The van der Waals surface area contributed by atoms with Gasteiger partial charge in [-0.1, -0.05) is 18.6 Å². The highest BCUT2D eigenvalue weighted by molar-refractivity contribution is 6.06. The molecule has 0 aromatic heterocycles. The van der Waals surface area contributed by atoms with Crippen molar-refractivity contribution in [2.24, 2.45) is 4.99 Å². The Morgan fingerprint density at radius 2 is 2.25 bits per heavy atom. The van der Waals surface area contributed by atoms with Gasteiger partial charge < -0.3 is 5.32 Å². The van der Waals surface area contributed by atoms with Crippen LogP contribution in [0.3, 0.4) is 0 Å². The first-order valence-corrected chi connectivity index (χ1v) is 5.81. The topological polar surface area (TPSA) is 41.5 Å². The first kappa shape index (κ1) is 9.73. The maximum Gasteiger partial charge on any atom is 0.270 e. The number of nitrogens with zero attached hydrogens (tertiary/aromatic N) is 1. The van der Waals surface area contributed by atoms with Gasteiger partial charge >= 0.3 is 0 Å². The van der Waals surface area contributed by atoms with Crippen LogP contribution in [0.25, 0.3) is 6.08 Å². The fourth-order valence-corrected chi connectivity index (χ4v) is 2.52. The van der Waals surface area contributed by atoms with E-state index < -0.39 is 0 Å². The Morgan fingerprint density at radius 1 is 1.31 bits per heavy atom. The zero-order valence-corrected chi connectivity index (χ0v) is 9.07. The van der Waals surface area contributed by atoms with E-state index in [2.05, 4.69) is 16.4 Å². The lowest BCUT2D eigenvalue weighted by Crippen LogP contribution is -2.35. The summed E-state index contributed by atoms with van der Waals surface area (Å²) in [5, 5.41) is 5.36. The van der Waals surface area contributed by atoms with Crippen molar-refractivity contribution in [3.63, 3.8) is 0 Å². The van der Waals surface area contributed by atoms with E-state index in [9.17, 15) is 4.79 Å². The molecule has 2 aliphatic heterocycles. The normalized spacial score (nSPS) is 23.5. The van der Waals surface area contributed by atoms with Crippen molar-refractivity contribution in [2.45, 2.75) is 25.3 Å². The largest absolute Gasteiger partial charge is 0.310 e. The fourth-order valence-electron chi connectivity index (χ4n) is 2.52. The molecule has 3 rings (SSSR count). The van der Waals surface area contributed by atoms with Crippen molar-refractivity contribution in [3.05, 3.63) is 34.3 Å². The van der Waals surface area contributed by atoms with Gasteiger partial charge in [0.1, 0.15) is 0 Å². The summed E-state index contributed by atoms with van der Waals surface area (Å²) in [6.07, 6.45) is 5.31. The minimum atomic E-state index is -0.127. The maximum atomic E-state index is 11.3. The minimum absolute atomic E-state index is 0.127. The quantitative estimate of drug-likeness (QED) is 0.737. The average molecular weight is 214 g/mol. The second kappa shape index (κ2) is 3.83. The number of nitrogens with one attached hydrogen (secondary N) is 1. The van der Waals surface area contributed by atoms with E-state index in [1.807, 2.05) is 12.1 Å². The first-order chi connectivity index (χ1) is 7.84. The zero-order valence-electron chi connectivity index (χ0n) is 9.07. The average Bonchev–Trinajstić information content (AvgIpc) is 2.70. The molecule has 3 nitrogen and oxygen atoms in total. The second-order valence-corrected chi connectivity index (χ2v) is 4.38. The van der Waals surface area contributed by atoms with Crippen molar-refractivity contribution in [1.82, 2.24) is 5.32 Å². The van der Waals surface area contributed by atoms with E-state index in [4.69, 9.17) is 0 Å². The van der Waals surface area contributed by atoms with Crippen LogP contribution in [-0.4, -0.2) is 12.5 Å². The van der Waals surface area contributed by atoms with Crippen molar-refractivity contribution in [2.75, 3.05) is 6.54 Å². The molecule has 16 heavy (non-hydrogen) atoms. The molecule has 0 spiro atoms. The number of carbonyl (C=O) groups is 1. The summed E-state index contributed by atoms with van der Waals surface area (Å²) in [7, 11) is 0. The highest BCUT2D eigenvalue weighted by atomic mass is 16.1. The molecule has 0 bridgehead atoms. The van der Waals surface area contributed by atoms with E-state index in [-0.39, 0.29) is 5.91 Å². The first-order valence-electron chi connectivity index (χ1n) is 5.81. The molecule has 1 atom stereocenters. The third-order valence-corrected chi connectivity index (χ3v) is 3.30. The van der Waals surface area contributed by atoms with Crippen LogP contribution in [0.5, 0.6) is 0 Å². The van der Waals surface area contributed by atoms with Gasteiger partial charge in [-0.15, -0.1) is 0 Å². The number of amides is 1. The molecule has 1 aromatic carbocycles. The number of carbonyl (C=O) groups excluding carboxylic acids is 1. The van der Waals surface area contributed by atoms with Crippen LogP contribution in [0.1, 0.15) is 30.9 Å². The van der Waals surface area contributed by atoms with Gasteiger partial charge in [-0.2, -0.15) is 0 Å². The van der Waals surface area contributed by atoms with Gasteiger partial charge in [0.05, 0.1) is 5.36 Å². The summed E-state index contributed by atoms with van der Waals surface area (Å²) < 4.78 is 0. The third-order valence-electron chi connectivity index (χ3n) is 3.30. The van der Waals surface area contributed by atoms with Crippen LogP contribution in [-0.2, 0) is 4.79 Å². The SMILES string of the molecule is O=C1C=c2c(C3CCCCN3)cccc2=N1.